The molecule has 0 amide bonds. The molecule has 112 valence electrons. The van der Waals surface area contributed by atoms with Crippen molar-refractivity contribution in [1.82, 2.24) is 9.97 Å². The van der Waals surface area contributed by atoms with Gasteiger partial charge in [0.25, 0.3) is 0 Å². The standard InChI is InChI=1S/C17H23N3O/c1-12(2)21-16-11-14(4)19-17(20-16)18-9-8-15-7-5-6-13(3)10-15/h5-7,10-12H,8-9H2,1-4H3,(H,18,19,20). The number of aryl methyl sites for hydroxylation is 2. The molecule has 2 rings (SSSR count). The lowest BCUT2D eigenvalue weighted by atomic mass is 10.1. The summed E-state index contributed by atoms with van der Waals surface area (Å²) in [6.07, 6.45) is 1.05. The Kier molecular flexibility index (Phi) is 5.14. The maximum atomic E-state index is 5.62. The van der Waals surface area contributed by atoms with Gasteiger partial charge in [-0.1, -0.05) is 29.8 Å². The minimum atomic E-state index is 0.111. The van der Waals surface area contributed by atoms with Crippen molar-refractivity contribution in [3.63, 3.8) is 0 Å². The van der Waals surface area contributed by atoms with Gasteiger partial charge >= 0.3 is 0 Å². The van der Waals surface area contributed by atoms with Crippen molar-refractivity contribution in [2.45, 2.75) is 40.2 Å². The molecule has 0 fully saturated rings. The van der Waals surface area contributed by atoms with E-state index in [0.717, 1.165) is 18.7 Å². The quantitative estimate of drug-likeness (QED) is 0.882. The Bertz CT molecular complexity index is 596. The van der Waals surface area contributed by atoms with Crippen LogP contribution in [-0.2, 0) is 6.42 Å². The van der Waals surface area contributed by atoms with E-state index in [4.69, 9.17) is 4.74 Å². The first-order valence-electron chi connectivity index (χ1n) is 7.34. The van der Waals surface area contributed by atoms with Crippen LogP contribution in [0.15, 0.2) is 30.3 Å². The summed E-state index contributed by atoms with van der Waals surface area (Å²) in [5.74, 6) is 1.24. The van der Waals surface area contributed by atoms with Crippen LogP contribution in [0.2, 0.25) is 0 Å². The molecule has 0 radical (unpaired) electrons. The molecule has 1 heterocycles. The largest absolute Gasteiger partial charge is 0.475 e. The van der Waals surface area contributed by atoms with Gasteiger partial charge in [-0.25, -0.2) is 4.98 Å². The van der Waals surface area contributed by atoms with Crippen LogP contribution < -0.4 is 10.1 Å². The highest BCUT2D eigenvalue weighted by molar-refractivity contribution is 5.31. The first kappa shape index (κ1) is 15.3. The highest BCUT2D eigenvalue weighted by atomic mass is 16.5. The molecule has 0 aliphatic heterocycles. The topological polar surface area (TPSA) is 47.0 Å². The number of hydrogen-bond acceptors (Lipinski definition) is 4. The zero-order chi connectivity index (χ0) is 15.2. The van der Waals surface area contributed by atoms with Crippen LogP contribution in [0.25, 0.3) is 0 Å². The molecule has 4 nitrogen and oxygen atoms in total. The Morgan fingerprint density at radius 1 is 1.14 bits per heavy atom. The maximum absolute atomic E-state index is 5.62. The Morgan fingerprint density at radius 3 is 2.67 bits per heavy atom. The van der Waals surface area contributed by atoms with E-state index in [1.54, 1.807) is 0 Å². The molecule has 2 aromatic rings. The molecule has 0 unspecified atom stereocenters. The second-order valence-corrected chi connectivity index (χ2v) is 5.50. The number of nitrogens with zero attached hydrogens (tertiary/aromatic N) is 2. The van der Waals surface area contributed by atoms with Crippen molar-refractivity contribution in [1.29, 1.82) is 0 Å². The normalized spacial score (nSPS) is 10.7. The molecule has 4 heteroatoms. The fourth-order valence-corrected chi connectivity index (χ4v) is 2.11. The summed E-state index contributed by atoms with van der Waals surface area (Å²) in [4.78, 5) is 8.77. The number of anilines is 1. The van der Waals surface area contributed by atoms with E-state index in [-0.39, 0.29) is 6.10 Å². The van der Waals surface area contributed by atoms with Crippen molar-refractivity contribution >= 4 is 5.95 Å². The van der Waals surface area contributed by atoms with Crippen molar-refractivity contribution in [2.24, 2.45) is 0 Å². The molecule has 1 N–H and O–H groups in total. The fraction of sp³-hybridized carbons (Fsp3) is 0.412. The monoisotopic (exact) mass is 285 g/mol. The summed E-state index contributed by atoms with van der Waals surface area (Å²) in [6, 6.07) is 10.4. The summed E-state index contributed by atoms with van der Waals surface area (Å²) in [5, 5.41) is 3.26. The third-order valence-corrected chi connectivity index (χ3v) is 2.97. The number of aromatic nitrogens is 2. The summed E-state index contributed by atoms with van der Waals surface area (Å²) in [7, 11) is 0. The molecule has 0 atom stereocenters. The van der Waals surface area contributed by atoms with Gasteiger partial charge in [-0.2, -0.15) is 4.98 Å². The molecule has 21 heavy (non-hydrogen) atoms. The molecule has 0 aliphatic rings. The van der Waals surface area contributed by atoms with Gasteiger partial charge in [-0.05, 0) is 39.7 Å². The summed E-state index contributed by atoms with van der Waals surface area (Å²) >= 11 is 0. The highest BCUT2D eigenvalue weighted by Crippen LogP contribution is 2.13. The molecule has 0 saturated heterocycles. The highest BCUT2D eigenvalue weighted by Gasteiger charge is 2.04. The van der Waals surface area contributed by atoms with Crippen LogP contribution in [-0.4, -0.2) is 22.6 Å². The van der Waals surface area contributed by atoms with Crippen molar-refractivity contribution < 1.29 is 4.74 Å². The van der Waals surface area contributed by atoms with Crippen LogP contribution in [0.1, 0.15) is 30.7 Å². The molecule has 0 saturated carbocycles. The van der Waals surface area contributed by atoms with Crippen LogP contribution >= 0.6 is 0 Å². The van der Waals surface area contributed by atoms with E-state index in [9.17, 15) is 0 Å². The Morgan fingerprint density at radius 2 is 1.95 bits per heavy atom. The number of benzene rings is 1. The summed E-state index contributed by atoms with van der Waals surface area (Å²) in [5.41, 5.74) is 3.50. The first-order valence-corrected chi connectivity index (χ1v) is 7.34. The second-order valence-electron chi connectivity index (χ2n) is 5.50. The van der Waals surface area contributed by atoms with Crippen molar-refractivity contribution in [2.75, 3.05) is 11.9 Å². The Labute approximate surface area is 126 Å². The van der Waals surface area contributed by atoms with Gasteiger partial charge in [-0.15, -0.1) is 0 Å². The van der Waals surface area contributed by atoms with Gasteiger partial charge < -0.3 is 10.1 Å². The van der Waals surface area contributed by atoms with Crippen molar-refractivity contribution in [3.8, 4) is 5.88 Å². The predicted octanol–water partition coefficient (Wildman–Crippen LogP) is 3.54. The summed E-state index contributed by atoms with van der Waals surface area (Å²) < 4.78 is 5.62. The van der Waals surface area contributed by atoms with Gasteiger partial charge in [0.2, 0.25) is 11.8 Å². The molecular formula is C17H23N3O. The molecule has 0 aliphatic carbocycles. The van der Waals surface area contributed by atoms with E-state index in [0.29, 0.717) is 11.8 Å². The molecule has 0 bridgehead atoms. The Balaban J connectivity index is 1.95. The number of ether oxygens (including phenoxy) is 1. The van der Waals surface area contributed by atoms with Gasteiger partial charge in [0, 0.05) is 18.3 Å². The molecule has 1 aromatic carbocycles. The molecular weight excluding hydrogens is 262 g/mol. The third kappa shape index (κ3) is 5.06. The lowest BCUT2D eigenvalue weighted by molar-refractivity contribution is 0.232. The van der Waals surface area contributed by atoms with Gasteiger partial charge in [0.05, 0.1) is 6.10 Å². The smallest absolute Gasteiger partial charge is 0.226 e. The second kappa shape index (κ2) is 7.07. The minimum Gasteiger partial charge on any atom is -0.475 e. The van der Waals surface area contributed by atoms with E-state index in [1.165, 1.54) is 11.1 Å². The van der Waals surface area contributed by atoms with Crippen molar-refractivity contribution in [3.05, 3.63) is 47.2 Å². The van der Waals surface area contributed by atoms with E-state index in [2.05, 4.69) is 46.5 Å². The third-order valence-electron chi connectivity index (χ3n) is 2.97. The van der Waals surface area contributed by atoms with Crippen LogP contribution in [0.5, 0.6) is 5.88 Å². The molecule has 0 spiro atoms. The predicted molar refractivity (Wildman–Crippen MR) is 85.9 cm³/mol. The zero-order valence-electron chi connectivity index (χ0n) is 13.2. The van der Waals surface area contributed by atoms with Crippen LogP contribution in [0, 0.1) is 13.8 Å². The fourth-order valence-electron chi connectivity index (χ4n) is 2.11. The Hall–Kier alpha value is -2.10. The van der Waals surface area contributed by atoms with Gasteiger partial charge in [0.15, 0.2) is 0 Å². The minimum absolute atomic E-state index is 0.111. The number of rotatable bonds is 6. The number of hydrogen-bond donors (Lipinski definition) is 1. The maximum Gasteiger partial charge on any atom is 0.226 e. The SMILES string of the molecule is Cc1cccc(CCNc2nc(C)cc(OC(C)C)n2)c1. The average Bonchev–Trinajstić information content (AvgIpc) is 2.37. The van der Waals surface area contributed by atoms with E-state index in [1.807, 2.05) is 26.8 Å². The first-order chi connectivity index (χ1) is 10.0. The lowest BCUT2D eigenvalue weighted by Gasteiger charge is -2.11. The van der Waals surface area contributed by atoms with E-state index < -0.39 is 0 Å². The van der Waals surface area contributed by atoms with E-state index >= 15 is 0 Å². The molecule has 1 aromatic heterocycles. The number of nitrogens with one attached hydrogen (secondary N) is 1. The zero-order valence-corrected chi connectivity index (χ0v) is 13.2. The summed E-state index contributed by atoms with van der Waals surface area (Å²) in [6.45, 7) is 8.83. The van der Waals surface area contributed by atoms with Crippen LogP contribution in [0.4, 0.5) is 5.95 Å². The van der Waals surface area contributed by atoms with Gasteiger partial charge in [0.1, 0.15) is 0 Å². The van der Waals surface area contributed by atoms with Gasteiger partial charge in [-0.3, -0.25) is 0 Å². The average molecular weight is 285 g/mol. The lowest BCUT2D eigenvalue weighted by Crippen LogP contribution is -2.12. The van der Waals surface area contributed by atoms with Crippen LogP contribution in [0.3, 0.4) is 0 Å².